The standard InChI is InChI=1S/C17H22F3N5O/c1-11(2)23-25-12(3)14-10-13(26-17(18,19)20)4-5-15(14)22-16(25)24-8-6-21-7-9-24/h4-5,10,12,21H,6-9H2,1-3H3. The van der Waals surface area contributed by atoms with Crippen LogP contribution in [-0.4, -0.2) is 54.1 Å². The molecule has 1 atom stereocenters. The summed E-state index contributed by atoms with van der Waals surface area (Å²) in [5, 5.41) is 9.64. The summed E-state index contributed by atoms with van der Waals surface area (Å²) in [7, 11) is 0. The summed E-state index contributed by atoms with van der Waals surface area (Å²) in [5.41, 5.74) is 2.13. The number of ether oxygens (including phenoxy) is 1. The van der Waals surface area contributed by atoms with Crippen molar-refractivity contribution < 1.29 is 17.9 Å². The topological polar surface area (TPSA) is 52.5 Å². The molecule has 1 N–H and O–H groups in total. The van der Waals surface area contributed by atoms with E-state index in [1.165, 1.54) is 12.1 Å². The molecule has 0 bridgehead atoms. The van der Waals surface area contributed by atoms with Crippen molar-refractivity contribution >= 4 is 17.4 Å². The zero-order valence-corrected chi connectivity index (χ0v) is 15.0. The van der Waals surface area contributed by atoms with Crippen LogP contribution in [0.25, 0.3) is 0 Å². The summed E-state index contributed by atoms with van der Waals surface area (Å²) in [6, 6.07) is 3.98. The van der Waals surface area contributed by atoms with Crippen molar-refractivity contribution in [3.05, 3.63) is 23.8 Å². The number of piperazine rings is 1. The third kappa shape index (κ3) is 4.09. The first kappa shape index (κ1) is 18.5. The number of aliphatic imine (C=N–C) groups is 1. The number of halogens is 3. The average Bonchev–Trinajstić information content (AvgIpc) is 2.57. The summed E-state index contributed by atoms with van der Waals surface area (Å²) in [6.45, 7) is 8.94. The molecule has 2 aliphatic heterocycles. The molecule has 1 aromatic carbocycles. The van der Waals surface area contributed by atoms with Crippen LogP contribution in [-0.2, 0) is 0 Å². The quantitative estimate of drug-likeness (QED) is 0.813. The first-order valence-electron chi connectivity index (χ1n) is 8.50. The fourth-order valence-corrected chi connectivity index (χ4v) is 3.06. The second-order valence-corrected chi connectivity index (χ2v) is 6.49. The first-order chi connectivity index (χ1) is 12.2. The summed E-state index contributed by atoms with van der Waals surface area (Å²) in [6.07, 6.45) is -4.72. The van der Waals surface area contributed by atoms with Gasteiger partial charge in [0.15, 0.2) is 0 Å². The summed E-state index contributed by atoms with van der Waals surface area (Å²) in [4.78, 5) is 6.83. The number of alkyl halides is 3. The fourth-order valence-electron chi connectivity index (χ4n) is 3.06. The van der Waals surface area contributed by atoms with E-state index in [4.69, 9.17) is 0 Å². The molecule has 142 valence electrons. The van der Waals surface area contributed by atoms with Crippen LogP contribution in [0.5, 0.6) is 5.75 Å². The Morgan fingerprint density at radius 3 is 2.58 bits per heavy atom. The Morgan fingerprint density at radius 2 is 1.96 bits per heavy atom. The fraction of sp³-hybridized carbons (Fsp3) is 0.529. The lowest BCUT2D eigenvalue weighted by atomic mass is 10.0. The predicted octanol–water partition coefficient (Wildman–Crippen LogP) is 3.25. The lowest BCUT2D eigenvalue weighted by molar-refractivity contribution is -0.274. The molecule has 6 nitrogen and oxygen atoms in total. The van der Waals surface area contributed by atoms with E-state index >= 15 is 0 Å². The maximum absolute atomic E-state index is 12.5. The molecule has 1 fully saturated rings. The lowest BCUT2D eigenvalue weighted by Crippen LogP contribution is -2.52. The van der Waals surface area contributed by atoms with Crippen LogP contribution in [0.2, 0.25) is 0 Å². The number of nitrogens with one attached hydrogen (secondary N) is 1. The minimum absolute atomic E-state index is 0.249. The summed E-state index contributed by atoms with van der Waals surface area (Å²) in [5.74, 6) is 0.471. The number of guanidine groups is 1. The second-order valence-electron chi connectivity index (χ2n) is 6.49. The zero-order chi connectivity index (χ0) is 18.9. The minimum atomic E-state index is -4.72. The first-order valence-corrected chi connectivity index (χ1v) is 8.50. The minimum Gasteiger partial charge on any atom is -0.406 e. The third-order valence-electron chi connectivity index (χ3n) is 4.18. The van der Waals surface area contributed by atoms with E-state index in [2.05, 4.69) is 25.0 Å². The molecule has 0 saturated carbocycles. The molecule has 26 heavy (non-hydrogen) atoms. The van der Waals surface area contributed by atoms with Crippen molar-refractivity contribution in [3.8, 4) is 5.75 Å². The molecule has 1 saturated heterocycles. The van der Waals surface area contributed by atoms with Crippen molar-refractivity contribution in [1.82, 2.24) is 15.2 Å². The van der Waals surface area contributed by atoms with E-state index in [0.717, 1.165) is 37.9 Å². The van der Waals surface area contributed by atoms with Gasteiger partial charge in [-0.25, -0.2) is 10.0 Å². The van der Waals surface area contributed by atoms with Gasteiger partial charge in [0.1, 0.15) is 5.75 Å². The average molecular weight is 369 g/mol. The van der Waals surface area contributed by atoms with Crippen LogP contribution in [0.3, 0.4) is 0 Å². The smallest absolute Gasteiger partial charge is 0.406 e. The monoisotopic (exact) mass is 369 g/mol. The Morgan fingerprint density at radius 1 is 1.27 bits per heavy atom. The van der Waals surface area contributed by atoms with Crippen LogP contribution >= 0.6 is 0 Å². The van der Waals surface area contributed by atoms with Gasteiger partial charge in [-0.2, -0.15) is 5.10 Å². The van der Waals surface area contributed by atoms with Gasteiger partial charge < -0.3 is 15.0 Å². The van der Waals surface area contributed by atoms with Crippen LogP contribution in [0.15, 0.2) is 28.3 Å². The van der Waals surface area contributed by atoms with Crippen LogP contribution in [0, 0.1) is 0 Å². The van der Waals surface area contributed by atoms with Gasteiger partial charge in [-0.1, -0.05) is 0 Å². The third-order valence-corrected chi connectivity index (χ3v) is 4.18. The number of benzene rings is 1. The molecule has 0 aromatic heterocycles. The number of fused-ring (bicyclic) bond motifs is 1. The SMILES string of the molecule is CC(C)=NN1C(N2CCNCC2)=Nc2ccc(OC(F)(F)F)cc2C1C. The van der Waals surface area contributed by atoms with Gasteiger partial charge in [-0.05, 0) is 39.0 Å². The van der Waals surface area contributed by atoms with Crippen molar-refractivity contribution in [2.45, 2.75) is 33.2 Å². The van der Waals surface area contributed by atoms with Gasteiger partial charge in [0.25, 0.3) is 0 Å². The van der Waals surface area contributed by atoms with Gasteiger partial charge in [0.2, 0.25) is 5.96 Å². The Balaban J connectivity index is 2.01. The largest absolute Gasteiger partial charge is 0.573 e. The number of rotatable bonds is 2. The molecule has 0 aliphatic carbocycles. The van der Waals surface area contributed by atoms with E-state index in [9.17, 15) is 13.2 Å². The second kappa shape index (κ2) is 7.14. The number of hydrogen-bond acceptors (Lipinski definition) is 6. The molecule has 0 spiro atoms. The van der Waals surface area contributed by atoms with Crippen LogP contribution in [0.4, 0.5) is 18.9 Å². The molecule has 2 heterocycles. The van der Waals surface area contributed by atoms with E-state index < -0.39 is 6.36 Å². The van der Waals surface area contributed by atoms with E-state index in [1.807, 2.05) is 20.8 Å². The Kier molecular flexibility index (Phi) is 5.08. The van der Waals surface area contributed by atoms with Gasteiger partial charge in [0, 0.05) is 37.5 Å². The maximum atomic E-state index is 12.5. The zero-order valence-electron chi connectivity index (χ0n) is 15.0. The molecule has 0 radical (unpaired) electrons. The molecular formula is C17H22F3N5O. The highest BCUT2D eigenvalue weighted by atomic mass is 19.4. The van der Waals surface area contributed by atoms with Gasteiger partial charge in [-0.3, -0.25) is 0 Å². The molecule has 3 rings (SSSR count). The van der Waals surface area contributed by atoms with Gasteiger partial charge >= 0.3 is 6.36 Å². The Bertz CT molecular complexity index is 722. The van der Waals surface area contributed by atoms with Crippen molar-refractivity contribution in [2.75, 3.05) is 26.2 Å². The lowest BCUT2D eigenvalue weighted by Gasteiger charge is -2.39. The predicted molar refractivity (Wildman–Crippen MR) is 93.7 cm³/mol. The molecule has 2 aliphatic rings. The van der Waals surface area contributed by atoms with Gasteiger partial charge in [0.05, 0.1) is 11.7 Å². The van der Waals surface area contributed by atoms with E-state index in [1.54, 1.807) is 11.1 Å². The Labute approximate surface area is 150 Å². The molecular weight excluding hydrogens is 347 g/mol. The van der Waals surface area contributed by atoms with Crippen molar-refractivity contribution in [2.24, 2.45) is 10.1 Å². The Hall–Kier alpha value is -2.29. The van der Waals surface area contributed by atoms with Crippen molar-refractivity contribution in [1.29, 1.82) is 0 Å². The number of hydrazone groups is 1. The van der Waals surface area contributed by atoms with Crippen LogP contribution < -0.4 is 10.1 Å². The molecule has 9 heteroatoms. The molecule has 1 unspecified atom stereocenters. The summed E-state index contributed by atoms with van der Waals surface area (Å²) >= 11 is 0. The van der Waals surface area contributed by atoms with Crippen molar-refractivity contribution in [3.63, 3.8) is 0 Å². The number of nitrogens with zero attached hydrogens (tertiary/aromatic N) is 4. The highest BCUT2D eigenvalue weighted by Crippen LogP contribution is 2.39. The van der Waals surface area contributed by atoms with E-state index in [-0.39, 0.29) is 11.8 Å². The number of hydrogen-bond donors (Lipinski definition) is 1. The molecule has 1 aromatic rings. The van der Waals surface area contributed by atoms with Crippen LogP contribution in [0.1, 0.15) is 32.4 Å². The highest BCUT2D eigenvalue weighted by Gasteiger charge is 2.34. The van der Waals surface area contributed by atoms with Gasteiger partial charge in [-0.15, -0.1) is 13.2 Å². The summed E-state index contributed by atoms with van der Waals surface area (Å²) < 4.78 is 41.6. The normalized spacial score (nSPS) is 20.4. The maximum Gasteiger partial charge on any atom is 0.573 e. The van der Waals surface area contributed by atoms with E-state index in [0.29, 0.717) is 11.3 Å². The highest BCUT2D eigenvalue weighted by molar-refractivity contribution is 5.88. The molecule has 0 amide bonds.